The summed E-state index contributed by atoms with van der Waals surface area (Å²) in [5, 5.41) is 20.3. The molecule has 4 N–H and O–H groups in total. The summed E-state index contributed by atoms with van der Waals surface area (Å²) in [5.74, 6) is 0.166. The number of rotatable bonds is 19. The van der Waals surface area contributed by atoms with Gasteiger partial charge in [-0.1, -0.05) is 70.6 Å². The van der Waals surface area contributed by atoms with Gasteiger partial charge in [-0.15, -0.1) is 0 Å². The number of esters is 1. The average Bonchev–Trinajstić information content (AvgIpc) is 3.49. The lowest BCUT2D eigenvalue weighted by atomic mass is 10.0. The number of aliphatic hydroxyl groups is 2. The Labute approximate surface area is 225 Å². The van der Waals surface area contributed by atoms with Gasteiger partial charge in [0.15, 0.2) is 17.7 Å². The molecule has 3 rings (SSSR count). The average molecular weight is 536 g/mol. The molecule has 11 heteroatoms. The maximum atomic E-state index is 11.1. The molecule has 11 nitrogen and oxygen atoms in total. The zero-order valence-electron chi connectivity index (χ0n) is 22.7. The number of carbonyl (C=O) groups excluding carboxylic acids is 1. The van der Waals surface area contributed by atoms with E-state index < -0.39 is 24.5 Å². The monoisotopic (exact) mass is 535 g/mol. The molecule has 1 fully saturated rings. The van der Waals surface area contributed by atoms with Gasteiger partial charge >= 0.3 is 5.97 Å². The largest absolute Gasteiger partial charge is 0.469 e. The molecule has 0 aromatic carbocycles. The number of hydrogen-bond acceptors (Lipinski definition) is 10. The summed E-state index contributed by atoms with van der Waals surface area (Å²) in [6.45, 7) is 0.196. The minimum absolute atomic E-state index is 0.105. The Morgan fingerprint density at radius 3 is 2.18 bits per heavy atom. The Kier molecular flexibility index (Phi) is 13.2. The molecule has 0 bridgehead atoms. The van der Waals surface area contributed by atoms with Crippen LogP contribution < -0.4 is 5.73 Å². The minimum Gasteiger partial charge on any atom is -0.469 e. The number of unbranched alkanes of at least 4 members (excludes halogenated alkanes) is 12. The molecule has 2 unspecified atom stereocenters. The van der Waals surface area contributed by atoms with Crippen molar-refractivity contribution in [3.8, 4) is 0 Å². The number of fused-ring (bicyclic) bond motifs is 1. The third-order valence-electron chi connectivity index (χ3n) is 7.22. The molecule has 4 atom stereocenters. The summed E-state index contributed by atoms with van der Waals surface area (Å²) in [4.78, 5) is 23.6. The van der Waals surface area contributed by atoms with Gasteiger partial charge in [0.1, 0.15) is 30.2 Å². The van der Waals surface area contributed by atoms with Crippen LogP contribution in [-0.2, 0) is 19.0 Å². The van der Waals surface area contributed by atoms with Gasteiger partial charge in [-0.3, -0.25) is 9.36 Å². The van der Waals surface area contributed by atoms with Gasteiger partial charge in [-0.25, -0.2) is 15.0 Å². The first-order valence-electron chi connectivity index (χ1n) is 14.1. The Balaban J connectivity index is 1.24. The van der Waals surface area contributed by atoms with Crippen LogP contribution in [0.25, 0.3) is 11.2 Å². The molecule has 1 saturated heterocycles. The van der Waals surface area contributed by atoms with E-state index in [1.54, 1.807) is 10.9 Å². The summed E-state index contributed by atoms with van der Waals surface area (Å²) in [5.41, 5.74) is 6.85. The topological polar surface area (TPSA) is 155 Å². The van der Waals surface area contributed by atoms with E-state index >= 15 is 0 Å². The van der Waals surface area contributed by atoms with Crippen LogP contribution in [0.1, 0.15) is 96.1 Å². The number of imidazole rings is 1. The first-order chi connectivity index (χ1) is 18.6. The first kappa shape index (κ1) is 30.2. The van der Waals surface area contributed by atoms with E-state index in [4.69, 9.17) is 15.2 Å². The molecular weight excluding hydrogens is 490 g/mol. The number of methoxy groups -OCH3 is 1. The fraction of sp³-hybridized carbons (Fsp3) is 0.778. The van der Waals surface area contributed by atoms with Crippen LogP contribution in [0.4, 0.5) is 5.82 Å². The zero-order chi connectivity index (χ0) is 27.2. The normalized spacial score (nSPS) is 21.3. The maximum Gasteiger partial charge on any atom is 0.305 e. The van der Waals surface area contributed by atoms with Gasteiger partial charge in [-0.05, 0) is 12.8 Å². The van der Waals surface area contributed by atoms with Crippen LogP contribution in [0.2, 0.25) is 0 Å². The number of aromatic nitrogens is 4. The molecule has 0 spiro atoms. The van der Waals surface area contributed by atoms with Crippen molar-refractivity contribution in [1.29, 1.82) is 0 Å². The predicted octanol–water partition coefficient (Wildman–Crippen LogP) is 3.68. The highest BCUT2D eigenvalue weighted by Gasteiger charge is 2.45. The summed E-state index contributed by atoms with van der Waals surface area (Å²) >= 11 is 0. The molecule has 2 aromatic heterocycles. The maximum absolute atomic E-state index is 11.1. The van der Waals surface area contributed by atoms with Crippen molar-refractivity contribution >= 4 is 23.0 Å². The second kappa shape index (κ2) is 16.6. The zero-order valence-corrected chi connectivity index (χ0v) is 22.7. The van der Waals surface area contributed by atoms with Gasteiger partial charge in [0.2, 0.25) is 0 Å². The van der Waals surface area contributed by atoms with Gasteiger partial charge < -0.3 is 30.2 Å². The molecule has 38 heavy (non-hydrogen) atoms. The van der Waals surface area contributed by atoms with Gasteiger partial charge in [0, 0.05) is 13.0 Å². The summed E-state index contributed by atoms with van der Waals surface area (Å²) in [6, 6.07) is 0. The molecule has 214 valence electrons. The standard InChI is InChI=1S/C27H45N5O6/c1-36-21(34)15-13-11-9-7-5-3-2-4-6-8-10-12-14-16-37-24-23(35)20(17-33)38-27(24)32-19-31-22-25(28)29-18-30-26(22)32/h18-20,23-24,27,33,35H,2-17H2,1H3,(H2,28,29,30)/t20-,23?,24?,27-/m1/s1. The van der Waals surface area contributed by atoms with Crippen molar-refractivity contribution in [1.82, 2.24) is 19.5 Å². The molecule has 1 aliphatic rings. The second-order valence-electron chi connectivity index (χ2n) is 10.1. The number of nitrogen functional groups attached to an aromatic ring is 1. The Morgan fingerprint density at radius 2 is 1.58 bits per heavy atom. The Bertz CT molecular complexity index is 957. The smallest absolute Gasteiger partial charge is 0.305 e. The van der Waals surface area contributed by atoms with E-state index in [9.17, 15) is 15.0 Å². The van der Waals surface area contributed by atoms with E-state index in [-0.39, 0.29) is 18.4 Å². The van der Waals surface area contributed by atoms with Gasteiger partial charge in [0.05, 0.1) is 20.0 Å². The lowest BCUT2D eigenvalue weighted by molar-refractivity contribution is -0.140. The number of nitrogens with two attached hydrogens (primary N) is 1. The number of anilines is 1. The van der Waals surface area contributed by atoms with Crippen molar-refractivity contribution in [2.75, 3.05) is 26.1 Å². The SMILES string of the molecule is COC(=O)CCCCCCCCCCCCCCCOC1C(O)[C@@H](CO)O[C@H]1n1cnc2c(N)ncnc21. The van der Waals surface area contributed by atoms with E-state index in [1.165, 1.54) is 71.2 Å². The number of ether oxygens (including phenoxy) is 3. The van der Waals surface area contributed by atoms with E-state index in [0.29, 0.717) is 24.2 Å². The fourth-order valence-corrected chi connectivity index (χ4v) is 4.97. The highest BCUT2D eigenvalue weighted by Crippen LogP contribution is 2.34. The van der Waals surface area contributed by atoms with E-state index in [0.717, 1.165) is 25.7 Å². The van der Waals surface area contributed by atoms with Crippen LogP contribution in [0, 0.1) is 0 Å². The molecule has 3 heterocycles. The molecule has 0 radical (unpaired) electrons. The van der Waals surface area contributed by atoms with Crippen LogP contribution in [0.3, 0.4) is 0 Å². The van der Waals surface area contributed by atoms with Gasteiger partial charge in [0.25, 0.3) is 0 Å². The van der Waals surface area contributed by atoms with Crippen LogP contribution in [-0.4, -0.2) is 74.3 Å². The third-order valence-corrected chi connectivity index (χ3v) is 7.22. The highest BCUT2D eigenvalue weighted by molar-refractivity contribution is 5.81. The lowest BCUT2D eigenvalue weighted by Crippen LogP contribution is -2.35. The number of hydrogen-bond donors (Lipinski definition) is 3. The minimum atomic E-state index is -0.957. The molecule has 0 amide bonds. The van der Waals surface area contributed by atoms with Crippen LogP contribution >= 0.6 is 0 Å². The van der Waals surface area contributed by atoms with Crippen molar-refractivity contribution in [2.24, 2.45) is 0 Å². The van der Waals surface area contributed by atoms with Crippen molar-refractivity contribution in [3.63, 3.8) is 0 Å². The molecule has 0 aliphatic carbocycles. The van der Waals surface area contributed by atoms with Crippen molar-refractivity contribution in [3.05, 3.63) is 12.7 Å². The number of nitrogens with zero attached hydrogens (tertiary/aromatic N) is 4. The highest BCUT2D eigenvalue weighted by atomic mass is 16.6. The Hall–Kier alpha value is -2.34. The van der Waals surface area contributed by atoms with E-state index in [1.807, 2.05) is 0 Å². The summed E-state index contributed by atoms with van der Waals surface area (Å²) in [7, 11) is 1.44. The Morgan fingerprint density at radius 1 is 0.974 bits per heavy atom. The summed E-state index contributed by atoms with van der Waals surface area (Å²) < 4.78 is 18.3. The van der Waals surface area contributed by atoms with Crippen molar-refractivity contribution < 1.29 is 29.2 Å². The molecule has 0 saturated carbocycles. The number of aliphatic hydroxyl groups excluding tert-OH is 2. The lowest BCUT2D eigenvalue weighted by Gasteiger charge is -2.22. The number of carbonyl (C=O) groups is 1. The summed E-state index contributed by atoms with van der Waals surface area (Å²) in [6.07, 6.45) is 15.7. The third kappa shape index (κ3) is 8.86. The molecule has 2 aromatic rings. The molecule has 1 aliphatic heterocycles. The van der Waals surface area contributed by atoms with Crippen LogP contribution in [0.15, 0.2) is 12.7 Å². The van der Waals surface area contributed by atoms with Crippen LogP contribution in [0.5, 0.6) is 0 Å². The predicted molar refractivity (Wildman–Crippen MR) is 143 cm³/mol. The van der Waals surface area contributed by atoms with E-state index in [2.05, 4.69) is 19.7 Å². The fourth-order valence-electron chi connectivity index (χ4n) is 4.97. The van der Waals surface area contributed by atoms with Gasteiger partial charge in [-0.2, -0.15) is 0 Å². The second-order valence-corrected chi connectivity index (χ2v) is 10.1. The quantitative estimate of drug-likeness (QED) is 0.179. The first-order valence-corrected chi connectivity index (χ1v) is 14.1. The van der Waals surface area contributed by atoms with Crippen molar-refractivity contribution in [2.45, 2.75) is 114 Å². The molecular formula is C27H45N5O6.